The molecular formula is C14H22N2O2. The Labute approximate surface area is 109 Å². The number of nitrogens with one attached hydrogen (secondary N) is 1. The molecule has 1 aromatic carbocycles. The SMILES string of the molecule is CCC(COC)NC(=O)C(N)c1ccc(C)cc1. The summed E-state index contributed by atoms with van der Waals surface area (Å²) >= 11 is 0. The summed E-state index contributed by atoms with van der Waals surface area (Å²) < 4.78 is 5.04. The second-order valence-electron chi connectivity index (χ2n) is 4.46. The van der Waals surface area contributed by atoms with Crippen LogP contribution in [0.25, 0.3) is 0 Å². The first kappa shape index (κ1) is 14.7. The third kappa shape index (κ3) is 4.13. The van der Waals surface area contributed by atoms with Crippen LogP contribution in [-0.2, 0) is 9.53 Å². The van der Waals surface area contributed by atoms with Crippen LogP contribution in [-0.4, -0.2) is 25.7 Å². The lowest BCUT2D eigenvalue weighted by Crippen LogP contribution is -2.42. The fourth-order valence-electron chi connectivity index (χ4n) is 1.68. The summed E-state index contributed by atoms with van der Waals surface area (Å²) in [5.74, 6) is -0.164. The van der Waals surface area contributed by atoms with Crippen molar-refractivity contribution in [3.63, 3.8) is 0 Å². The molecule has 0 aliphatic rings. The topological polar surface area (TPSA) is 64.3 Å². The molecule has 4 heteroatoms. The third-order valence-corrected chi connectivity index (χ3v) is 2.93. The summed E-state index contributed by atoms with van der Waals surface area (Å²) in [5, 5.41) is 2.89. The number of benzene rings is 1. The number of rotatable bonds is 6. The van der Waals surface area contributed by atoms with E-state index < -0.39 is 6.04 Å². The van der Waals surface area contributed by atoms with E-state index in [1.54, 1.807) is 7.11 Å². The second kappa shape index (κ2) is 7.13. The van der Waals surface area contributed by atoms with Crippen LogP contribution in [0.1, 0.15) is 30.5 Å². The Kier molecular flexibility index (Phi) is 5.82. The Morgan fingerprint density at radius 3 is 2.50 bits per heavy atom. The highest BCUT2D eigenvalue weighted by Gasteiger charge is 2.18. The first-order valence-corrected chi connectivity index (χ1v) is 6.20. The Hall–Kier alpha value is -1.39. The van der Waals surface area contributed by atoms with E-state index in [1.165, 1.54) is 0 Å². The van der Waals surface area contributed by atoms with Crippen LogP contribution in [0, 0.1) is 6.92 Å². The van der Waals surface area contributed by atoms with Gasteiger partial charge < -0.3 is 15.8 Å². The number of carbonyl (C=O) groups excluding carboxylic acids is 1. The van der Waals surface area contributed by atoms with Crippen LogP contribution in [0.2, 0.25) is 0 Å². The van der Waals surface area contributed by atoms with Gasteiger partial charge in [0.15, 0.2) is 0 Å². The standard InChI is InChI=1S/C14H22N2O2/c1-4-12(9-18-3)16-14(17)13(15)11-7-5-10(2)6-8-11/h5-8,12-13H,4,9,15H2,1-3H3,(H,16,17). The molecule has 4 nitrogen and oxygen atoms in total. The van der Waals surface area contributed by atoms with Crippen molar-refractivity contribution < 1.29 is 9.53 Å². The van der Waals surface area contributed by atoms with Gasteiger partial charge in [0.05, 0.1) is 12.6 Å². The van der Waals surface area contributed by atoms with Crippen molar-refractivity contribution in [3.8, 4) is 0 Å². The van der Waals surface area contributed by atoms with E-state index >= 15 is 0 Å². The lowest BCUT2D eigenvalue weighted by molar-refractivity contribution is -0.123. The van der Waals surface area contributed by atoms with Gasteiger partial charge in [-0.05, 0) is 18.9 Å². The summed E-state index contributed by atoms with van der Waals surface area (Å²) in [6.45, 7) is 4.51. The van der Waals surface area contributed by atoms with Crippen molar-refractivity contribution in [2.75, 3.05) is 13.7 Å². The maximum absolute atomic E-state index is 12.0. The van der Waals surface area contributed by atoms with E-state index in [4.69, 9.17) is 10.5 Å². The van der Waals surface area contributed by atoms with Crippen molar-refractivity contribution in [3.05, 3.63) is 35.4 Å². The molecule has 0 aliphatic heterocycles. The number of hydrogen-bond donors (Lipinski definition) is 2. The second-order valence-corrected chi connectivity index (χ2v) is 4.46. The fourth-order valence-corrected chi connectivity index (χ4v) is 1.68. The van der Waals surface area contributed by atoms with E-state index in [-0.39, 0.29) is 11.9 Å². The lowest BCUT2D eigenvalue weighted by Gasteiger charge is -2.19. The van der Waals surface area contributed by atoms with Gasteiger partial charge >= 0.3 is 0 Å². The van der Waals surface area contributed by atoms with Gasteiger partial charge in [-0.1, -0.05) is 36.8 Å². The lowest BCUT2D eigenvalue weighted by atomic mass is 10.0. The molecule has 2 atom stereocenters. The molecule has 0 saturated carbocycles. The number of methoxy groups -OCH3 is 1. The zero-order valence-corrected chi connectivity index (χ0v) is 11.3. The van der Waals surface area contributed by atoms with E-state index in [0.29, 0.717) is 6.61 Å². The summed E-state index contributed by atoms with van der Waals surface area (Å²) in [4.78, 5) is 12.0. The summed E-state index contributed by atoms with van der Waals surface area (Å²) in [6, 6.07) is 7.06. The van der Waals surface area contributed by atoms with Gasteiger partial charge in [0, 0.05) is 7.11 Å². The van der Waals surface area contributed by atoms with Gasteiger partial charge in [0.2, 0.25) is 5.91 Å². The Bertz CT molecular complexity index is 376. The van der Waals surface area contributed by atoms with Crippen LogP contribution in [0.3, 0.4) is 0 Å². The van der Waals surface area contributed by atoms with Gasteiger partial charge in [-0.2, -0.15) is 0 Å². The van der Waals surface area contributed by atoms with Crippen molar-refractivity contribution >= 4 is 5.91 Å². The smallest absolute Gasteiger partial charge is 0.241 e. The highest BCUT2D eigenvalue weighted by atomic mass is 16.5. The van der Waals surface area contributed by atoms with E-state index in [9.17, 15) is 4.79 Å². The highest BCUT2D eigenvalue weighted by molar-refractivity contribution is 5.83. The molecule has 0 aliphatic carbocycles. The quantitative estimate of drug-likeness (QED) is 0.805. The van der Waals surface area contributed by atoms with E-state index in [2.05, 4.69) is 5.32 Å². The average molecular weight is 250 g/mol. The number of nitrogens with two attached hydrogens (primary N) is 1. The maximum Gasteiger partial charge on any atom is 0.241 e. The minimum absolute atomic E-state index is 0.0130. The Morgan fingerprint density at radius 2 is 2.00 bits per heavy atom. The third-order valence-electron chi connectivity index (χ3n) is 2.93. The minimum Gasteiger partial charge on any atom is -0.383 e. The fraction of sp³-hybridized carbons (Fsp3) is 0.500. The molecule has 1 amide bonds. The predicted octanol–water partition coefficient (Wildman–Crippen LogP) is 1.54. The van der Waals surface area contributed by atoms with E-state index in [0.717, 1.165) is 17.5 Å². The van der Waals surface area contributed by atoms with Crippen molar-refractivity contribution in [2.45, 2.75) is 32.4 Å². The van der Waals surface area contributed by atoms with Crippen molar-refractivity contribution in [1.82, 2.24) is 5.32 Å². The highest BCUT2D eigenvalue weighted by Crippen LogP contribution is 2.12. The molecule has 0 fully saturated rings. The molecule has 18 heavy (non-hydrogen) atoms. The van der Waals surface area contributed by atoms with Gasteiger partial charge in [-0.3, -0.25) is 4.79 Å². The zero-order valence-electron chi connectivity index (χ0n) is 11.3. The molecule has 0 bridgehead atoms. The number of ether oxygens (including phenoxy) is 1. The van der Waals surface area contributed by atoms with Crippen LogP contribution >= 0.6 is 0 Å². The monoisotopic (exact) mass is 250 g/mol. The van der Waals surface area contributed by atoms with E-state index in [1.807, 2.05) is 38.1 Å². The van der Waals surface area contributed by atoms with Crippen molar-refractivity contribution in [1.29, 1.82) is 0 Å². The molecule has 100 valence electrons. The first-order valence-electron chi connectivity index (χ1n) is 6.20. The molecule has 0 heterocycles. The Balaban J connectivity index is 2.63. The van der Waals surface area contributed by atoms with Gasteiger partial charge in [0.25, 0.3) is 0 Å². The van der Waals surface area contributed by atoms with Crippen LogP contribution in [0.4, 0.5) is 0 Å². The van der Waals surface area contributed by atoms with Gasteiger partial charge in [-0.15, -0.1) is 0 Å². The maximum atomic E-state index is 12.0. The molecule has 3 N–H and O–H groups in total. The molecule has 1 aromatic rings. The normalized spacial score (nSPS) is 14.0. The predicted molar refractivity (Wildman–Crippen MR) is 72.2 cm³/mol. The molecule has 2 unspecified atom stereocenters. The molecular weight excluding hydrogens is 228 g/mol. The Morgan fingerprint density at radius 1 is 1.39 bits per heavy atom. The van der Waals surface area contributed by atoms with Crippen LogP contribution in [0.5, 0.6) is 0 Å². The zero-order chi connectivity index (χ0) is 13.5. The number of carbonyl (C=O) groups is 1. The van der Waals surface area contributed by atoms with Gasteiger partial charge in [-0.25, -0.2) is 0 Å². The number of hydrogen-bond acceptors (Lipinski definition) is 3. The summed E-state index contributed by atoms with van der Waals surface area (Å²) in [6.07, 6.45) is 0.820. The number of aryl methyl sites for hydroxylation is 1. The largest absolute Gasteiger partial charge is 0.383 e. The molecule has 0 aromatic heterocycles. The summed E-state index contributed by atoms with van der Waals surface area (Å²) in [7, 11) is 1.62. The van der Waals surface area contributed by atoms with Crippen molar-refractivity contribution in [2.24, 2.45) is 5.73 Å². The molecule has 0 spiro atoms. The molecule has 0 saturated heterocycles. The molecule has 0 radical (unpaired) electrons. The summed E-state index contributed by atoms with van der Waals surface area (Å²) in [5.41, 5.74) is 7.91. The number of amides is 1. The first-order chi connectivity index (χ1) is 8.58. The minimum atomic E-state index is -0.628. The van der Waals surface area contributed by atoms with Gasteiger partial charge in [0.1, 0.15) is 6.04 Å². The van der Waals surface area contributed by atoms with Crippen LogP contribution in [0.15, 0.2) is 24.3 Å². The van der Waals surface area contributed by atoms with Crippen LogP contribution < -0.4 is 11.1 Å². The molecule has 1 rings (SSSR count). The average Bonchev–Trinajstić information content (AvgIpc) is 2.38.